The molecule has 0 atom stereocenters. The van der Waals surface area contributed by atoms with Crippen LogP contribution in [-0.2, 0) is 10.8 Å². The van der Waals surface area contributed by atoms with E-state index in [1.54, 1.807) is 0 Å². The highest BCUT2D eigenvalue weighted by Gasteiger charge is 2.25. The molecule has 0 aromatic heterocycles. The predicted molar refractivity (Wildman–Crippen MR) is 79.1 cm³/mol. The van der Waals surface area contributed by atoms with Gasteiger partial charge in [-0.05, 0) is 34.6 Å². The van der Waals surface area contributed by atoms with Gasteiger partial charge in [0.15, 0.2) is 0 Å². The summed E-state index contributed by atoms with van der Waals surface area (Å²) >= 11 is 0. The van der Waals surface area contributed by atoms with E-state index in [9.17, 15) is 5.11 Å². The third-order valence-electron chi connectivity index (χ3n) is 3.02. The SMILES string of the molecule is C=C=Cc1cc(C(C)(C)C)c(O)c(C(C)(C)C)c1. The maximum absolute atomic E-state index is 10.5. The number of hydrogen-bond acceptors (Lipinski definition) is 1. The predicted octanol–water partition coefficient (Wildman–Crippen LogP) is 4.79. The van der Waals surface area contributed by atoms with E-state index in [-0.39, 0.29) is 10.8 Å². The maximum atomic E-state index is 10.5. The molecule has 1 N–H and O–H groups in total. The van der Waals surface area contributed by atoms with Crippen molar-refractivity contribution in [2.24, 2.45) is 0 Å². The summed E-state index contributed by atoms with van der Waals surface area (Å²) in [5.41, 5.74) is 5.61. The lowest BCUT2D eigenvalue weighted by Crippen LogP contribution is -2.17. The Bertz CT molecular complexity index is 454. The normalized spacial score (nSPS) is 12.1. The highest BCUT2D eigenvalue weighted by molar-refractivity contribution is 5.58. The molecule has 0 fully saturated rings. The van der Waals surface area contributed by atoms with Crippen LogP contribution in [0.15, 0.2) is 24.4 Å². The molecular weight excluding hydrogens is 220 g/mol. The van der Waals surface area contributed by atoms with Crippen molar-refractivity contribution < 1.29 is 5.11 Å². The van der Waals surface area contributed by atoms with Crippen LogP contribution in [0.2, 0.25) is 0 Å². The molecule has 98 valence electrons. The Morgan fingerprint density at radius 3 is 1.67 bits per heavy atom. The smallest absolute Gasteiger partial charge is 0.123 e. The first kappa shape index (κ1) is 14.6. The monoisotopic (exact) mass is 244 g/mol. The molecular formula is C17H24O. The van der Waals surface area contributed by atoms with Gasteiger partial charge in [0, 0.05) is 11.1 Å². The molecule has 1 nitrogen and oxygen atoms in total. The molecule has 1 aromatic rings. The highest BCUT2D eigenvalue weighted by Crippen LogP contribution is 2.39. The quantitative estimate of drug-likeness (QED) is 0.704. The summed E-state index contributed by atoms with van der Waals surface area (Å²) in [5, 5.41) is 10.5. The zero-order chi connectivity index (χ0) is 14.1. The summed E-state index contributed by atoms with van der Waals surface area (Å²) in [4.78, 5) is 0. The first-order chi connectivity index (χ1) is 8.07. The van der Waals surface area contributed by atoms with Gasteiger partial charge in [-0.3, -0.25) is 0 Å². The average Bonchev–Trinajstić information content (AvgIpc) is 2.17. The van der Waals surface area contributed by atoms with Crippen LogP contribution < -0.4 is 0 Å². The molecule has 0 heterocycles. The topological polar surface area (TPSA) is 20.2 Å². The average molecular weight is 244 g/mol. The Labute approximate surface area is 111 Å². The third kappa shape index (κ3) is 3.05. The van der Waals surface area contributed by atoms with E-state index in [0.29, 0.717) is 5.75 Å². The number of rotatable bonds is 1. The number of benzene rings is 1. The van der Waals surface area contributed by atoms with Gasteiger partial charge in [-0.25, -0.2) is 0 Å². The molecule has 0 saturated heterocycles. The highest BCUT2D eigenvalue weighted by atomic mass is 16.3. The molecule has 0 aliphatic heterocycles. The van der Waals surface area contributed by atoms with Gasteiger partial charge in [-0.2, -0.15) is 0 Å². The number of hydrogen-bond donors (Lipinski definition) is 1. The van der Waals surface area contributed by atoms with Crippen molar-refractivity contribution in [3.8, 4) is 5.75 Å². The Balaban J connectivity index is 3.64. The van der Waals surface area contributed by atoms with Crippen molar-refractivity contribution in [3.63, 3.8) is 0 Å². The zero-order valence-corrected chi connectivity index (χ0v) is 12.4. The summed E-state index contributed by atoms with van der Waals surface area (Å²) in [6, 6.07) is 4.03. The lowest BCUT2D eigenvalue weighted by Gasteiger charge is -2.27. The van der Waals surface area contributed by atoms with Crippen LogP contribution in [0, 0.1) is 0 Å². The van der Waals surface area contributed by atoms with Gasteiger partial charge in [0.05, 0.1) is 0 Å². The Morgan fingerprint density at radius 1 is 1.00 bits per heavy atom. The van der Waals surface area contributed by atoms with Gasteiger partial charge in [-0.15, -0.1) is 5.73 Å². The zero-order valence-electron chi connectivity index (χ0n) is 12.4. The van der Waals surface area contributed by atoms with E-state index in [4.69, 9.17) is 0 Å². The lowest BCUT2D eigenvalue weighted by atomic mass is 9.78. The van der Waals surface area contributed by atoms with Crippen LogP contribution >= 0.6 is 0 Å². The molecule has 0 unspecified atom stereocenters. The van der Waals surface area contributed by atoms with Crippen LogP contribution in [0.5, 0.6) is 5.75 Å². The molecule has 0 aliphatic carbocycles. The molecule has 0 aliphatic rings. The third-order valence-corrected chi connectivity index (χ3v) is 3.02. The van der Waals surface area contributed by atoms with Gasteiger partial charge in [0.1, 0.15) is 5.75 Å². The second-order valence-electron chi connectivity index (χ2n) is 6.81. The van der Waals surface area contributed by atoms with Crippen molar-refractivity contribution in [2.45, 2.75) is 52.4 Å². The Hall–Kier alpha value is -1.46. The molecule has 0 saturated carbocycles. The van der Waals surface area contributed by atoms with Crippen LogP contribution in [0.3, 0.4) is 0 Å². The van der Waals surface area contributed by atoms with Crippen molar-refractivity contribution in [1.82, 2.24) is 0 Å². The van der Waals surface area contributed by atoms with Gasteiger partial charge in [-0.1, -0.05) is 48.1 Å². The summed E-state index contributed by atoms with van der Waals surface area (Å²) < 4.78 is 0. The number of aromatic hydroxyl groups is 1. The van der Waals surface area contributed by atoms with Gasteiger partial charge in [0.25, 0.3) is 0 Å². The summed E-state index contributed by atoms with van der Waals surface area (Å²) in [6.45, 7) is 16.3. The molecule has 0 radical (unpaired) electrons. The first-order valence-corrected chi connectivity index (χ1v) is 6.31. The number of phenols is 1. The van der Waals surface area contributed by atoms with E-state index in [2.05, 4.69) is 53.9 Å². The standard InChI is InChI=1S/C17H24O/c1-8-9-12-10-13(16(2,3)4)15(18)14(11-12)17(5,6)7/h9-11,18H,1H2,2-7H3. The fourth-order valence-corrected chi connectivity index (χ4v) is 2.00. The largest absolute Gasteiger partial charge is 0.507 e. The van der Waals surface area contributed by atoms with E-state index in [0.717, 1.165) is 16.7 Å². The van der Waals surface area contributed by atoms with Gasteiger partial charge in [0.2, 0.25) is 0 Å². The molecule has 1 heteroatoms. The minimum Gasteiger partial charge on any atom is -0.507 e. The molecule has 0 spiro atoms. The molecule has 0 bridgehead atoms. The van der Waals surface area contributed by atoms with Crippen LogP contribution in [0.25, 0.3) is 6.08 Å². The second kappa shape index (κ2) is 4.66. The fourth-order valence-electron chi connectivity index (χ4n) is 2.00. The minimum absolute atomic E-state index is 0.0882. The van der Waals surface area contributed by atoms with Crippen molar-refractivity contribution in [2.75, 3.05) is 0 Å². The van der Waals surface area contributed by atoms with E-state index in [1.807, 2.05) is 18.2 Å². The van der Waals surface area contributed by atoms with E-state index >= 15 is 0 Å². The van der Waals surface area contributed by atoms with Crippen LogP contribution in [-0.4, -0.2) is 5.11 Å². The summed E-state index contributed by atoms with van der Waals surface area (Å²) in [5.74, 6) is 0.413. The van der Waals surface area contributed by atoms with Crippen molar-refractivity contribution in [1.29, 1.82) is 0 Å². The summed E-state index contributed by atoms with van der Waals surface area (Å²) in [6.07, 6.45) is 1.85. The second-order valence-corrected chi connectivity index (χ2v) is 6.81. The van der Waals surface area contributed by atoms with Crippen LogP contribution in [0.1, 0.15) is 58.2 Å². The molecule has 1 rings (SSSR count). The minimum atomic E-state index is -0.0882. The van der Waals surface area contributed by atoms with Crippen LogP contribution in [0.4, 0.5) is 0 Å². The van der Waals surface area contributed by atoms with E-state index in [1.165, 1.54) is 0 Å². The van der Waals surface area contributed by atoms with Gasteiger partial charge >= 0.3 is 0 Å². The molecule has 0 amide bonds. The number of phenolic OH excluding ortho intramolecular Hbond substituents is 1. The maximum Gasteiger partial charge on any atom is 0.123 e. The Kier molecular flexibility index (Phi) is 3.78. The Morgan fingerprint density at radius 2 is 1.39 bits per heavy atom. The first-order valence-electron chi connectivity index (χ1n) is 6.31. The van der Waals surface area contributed by atoms with Gasteiger partial charge < -0.3 is 5.11 Å². The van der Waals surface area contributed by atoms with E-state index < -0.39 is 0 Å². The lowest BCUT2D eigenvalue weighted by molar-refractivity contribution is 0.423. The molecule has 18 heavy (non-hydrogen) atoms. The van der Waals surface area contributed by atoms with Crippen molar-refractivity contribution in [3.05, 3.63) is 41.1 Å². The summed E-state index contributed by atoms with van der Waals surface area (Å²) in [7, 11) is 0. The van der Waals surface area contributed by atoms with Crippen molar-refractivity contribution >= 4 is 6.08 Å². The fraction of sp³-hybridized carbons (Fsp3) is 0.471. The molecule has 1 aromatic carbocycles.